The average molecular weight is 208 g/mol. The molecule has 0 atom stereocenters. The molecule has 1 heterocycles. The van der Waals surface area contributed by atoms with Gasteiger partial charge in [-0.2, -0.15) is 11.3 Å². The van der Waals surface area contributed by atoms with Crippen molar-refractivity contribution in [2.75, 3.05) is 0 Å². The van der Waals surface area contributed by atoms with Gasteiger partial charge in [0.25, 0.3) is 0 Å². The highest BCUT2D eigenvalue weighted by Crippen LogP contribution is 2.02. The molecule has 3 heteroatoms. The summed E-state index contributed by atoms with van der Waals surface area (Å²) in [4.78, 5) is 8.00. The van der Waals surface area contributed by atoms with Gasteiger partial charge < -0.3 is 9.90 Å². The Morgan fingerprint density at radius 3 is 1.64 bits per heavy atom. The lowest BCUT2D eigenvalue weighted by atomic mass is 10.3. The Balaban J connectivity index is 0.000000213. The molecule has 2 aromatic rings. The summed E-state index contributed by atoms with van der Waals surface area (Å²) in [6.07, 6.45) is 0. The van der Waals surface area contributed by atoms with E-state index >= 15 is 0 Å². The quantitative estimate of drug-likeness (QED) is 0.722. The van der Waals surface area contributed by atoms with Gasteiger partial charge in [-0.25, -0.2) is 0 Å². The summed E-state index contributed by atoms with van der Waals surface area (Å²) in [5, 5.41) is 12.7. The largest absolute Gasteiger partial charge is 0.508 e. The highest BCUT2D eigenvalue weighted by atomic mass is 32.1. The lowest BCUT2D eigenvalue weighted by molar-refractivity contribution is -0.0979. The average Bonchev–Trinajstić information content (AvgIpc) is 2.80. The molecule has 0 aliphatic rings. The lowest BCUT2D eigenvalue weighted by Gasteiger charge is -1.82. The van der Waals surface area contributed by atoms with E-state index in [1.807, 2.05) is 35.7 Å². The van der Waals surface area contributed by atoms with Gasteiger partial charge in [0.1, 0.15) is 12.5 Å². The molecule has 0 fully saturated rings. The summed E-state index contributed by atoms with van der Waals surface area (Å²) in [6.45, 7) is 2.00. The monoisotopic (exact) mass is 208 g/mol. The predicted molar refractivity (Wildman–Crippen MR) is 59.5 cm³/mol. The summed E-state index contributed by atoms with van der Waals surface area (Å²) >= 11 is 1.71. The van der Waals surface area contributed by atoms with Crippen LogP contribution < -0.4 is 0 Å². The smallest absolute Gasteiger partial charge is 0.115 e. The van der Waals surface area contributed by atoms with Crippen LogP contribution >= 0.6 is 11.3 Å². The maximum absolute atomic E-state index is 8.63. The zero-order valence-electron chi connectivity index (χ0n) is 7.67. The van der Waals surface area contributed by atoms with E-state index in [4.69, 9.17) is 9.90 Å². The zero-order valence-corrected chi connectivity index (χ0v) is 8.48. The first-order valence-corrected chi connectivity index (χ1v) is 4.84. The minimum atomic E-state index is 0.322. The van der Waals surface area contributed by atoms with Crippen LogP contribution in [-0.4, -0.2) is 11.9 Å². The zero-order chi connectivity index (χ0) is 10.6. The first-order valence-electron chi connectivity index (χ1n) is 3.89. The van der Waals surface area contributed by atoms with Crippen LogP contribution in [0.15, 0.2) is 53.2 Å². The van der Waals surface area contributed by atoms with Gasteiger partial charge >= 0.3 is 0 Å². The summed E-state index contributed by atoms with van der Waals surface area (Å²) < 4.78 is 0. The Labute approximate surface area is 87.5 Å². The Bertz CT molecular complexity index is 275. The van der Waals surface area contributed by atoms with Crippen LogP contribution in [0.25, 0.3) is 0 Å². The van der Waals surface area contributed by atoms with E-state index in [-0.39, 0.29) is 0 Å². The van der Waals surface area contributed by atoms with Crippen LogP contribution in [-0.2, 0) is 4.79 Å². The van der Waals surface area contributed by atoms with Gasteiger partial charge in [0, 0.05) is 0 Å². The summed E-state index contributed by atoms with van der Waals surface area (Å²) in [5.74, 6) is 0.322. The lowest BCUT2D eigenvalue weighted by Crippen LogP contribution is -1.56. The topological polar surface area (TPSA) is 37.3 Å². The Hall–Kier alpha value is -1.61. The second kappa shape index (κ2) is 9.48. The molecule has 0 radical (unpaired) electrons. The summed E-state index contributed by atoms with van der Waals surface area (Å²) in [7, 11) is 0. The maximum atomic E-state index is 8.63. The number of aromatic hydroxyl groups is 1. The predicted octanol–water partition coefficient (Wildman–Crippen LogP) is 2.96. The molecular weight excluding hydrogens is 196 g/mol. The number of benzene rings is 1. The minimum Gasteiger partial charge on any atom is -0.508 e. The van der Waals surface area contributed by atoms with Crippen LogP contribution in [0.2, 0.25) is 0 Å². The van der Waals surface area contributed by atoms with Gasteiger partial charge in [-0.15, -0.1) is 0 Å². The maximum Gasteiger partial charge on any atom is 0.115 e. The number of hydrogen-bond acceptors (Lipinski definition) is 3. The SMILES string of the molecule is C=O.Oc1ccccc1.c1ccsc1. The number of thiophene rings is 1. The molecule has 0 amide bonds. The van der Waals surface area contributed by atoms with Crippen LogP contribution in [0.5, 0.6) is 5.75 Å². The van der Waals surface area contributed by atoms with Crippen molar-refractivity contribution in [2.45, 2.75) is 0 Å². The molecule has 2 rings (SSSR count). The molecule has 0 aliphatic heterocycles. The Morgan fingerprint density at radius 2 is 1.43 bits per heavy atom. The number of phenolic OH excluding ortho intramolecular Hbond substituents is 1. The highest BCUT2D eigenvalue weighted by Gasteiger charge is 1.74. The first kappa shape index (κ1) is 12.4. The molecule has 74 valence electrons. The van der Waals surface area contributed by atoms with Crippen molar-refractivity contribution >= 4 is 18.1 Å². The minimum absolute atomic E-state index is 0.322. The van der Waals surface area contributed by atoms with E-state index in [1.165, 1.54) is 0 Å². The highest BCUT2D eigenvalue weighted by molar-refractivity contribution is 7.07. The standard InChI is InChI=1S/C6H6O.C4H4S.CH2O/c7-6-4-2-1-3-5-6;1-2-4-5-3-1;1-2/h1-5,7H;1-4H;1H2. The molecule has 1 aromatic heterocycles. The van der Waals surface area contributed by atoms with Gasteiger partial charge in [-0.1, -0.05) is 30.3 Å². The van der Waals surface area contributed by atoms with Gasteiger partial charge in [0.05, 0.1) is 0 Å². The van der Waals surface area contributed by atoms with Crippen molar-refractivity contribution in [3.63, 3.8) is 0 Å². The van der Waals surface area contributed by atoms with E-state index in [9.17, 15) is 0 Å². The van der Waals surface area contributed by atoms with Crippen molar-refractivity contribution in [3.05, 3.63) is 53.2 Å². The number of phenols is 1. The molecule has 0 bridgehead atoms. The van der Waals surface area contributed by atoms with Crippen LogP contribution in [0, 0.1) is 0 Å². The molecule has 14 heavy (non-hydrogen) atoms. The first-order chi connectivity index (χ1) is 6.89. The third-order valence-electron chi connectivity index (χ3n) is 1.18. The van der Waals surface area contributed by atoms with Gasteiger partial charge in [0.2, 0.25) is 0 Å². The third kappa shape index (κ3) is 7.06. The van der Waals surface area contributed by atoms with Gasteiger partial charge in [-0.3, -0.25) is 0 Å². The molecule has 1 aromatic carbocycles. The second-order valence-corrected chi connectivity index (χ2v) is 2.95. The van der Waals surface area contributed by atoms with Crippen LogP contribution in [0.1, 0.15) is 0 Å². The van der Waals surface area contributed by atoms with Crippen molar-refractivity contribution in [2.24, 2.45) is 0 Å². The second-order valence-electron chi connectivity index (χ2n) is 2.13. The van der Waals surface area contributed by atoms with E-state index in [0.717, 1.165) is 0 Å². The number of carbonyl (C=O) groups is 1. The molecule has 0 aliphatic carbocycles. The molecule has 1 N–H and O–H groups in total. The fourth-order valence-electron chi connectivity index (χ4n) is 0.655. The molecule has 0 spiro atoms. The Kier molecular flexibility index (Phi) is 8.39. The fraction of sp³-hybridized carbons (Fsp3) is 0. The molecule has 0 saturated carbocycles. The van der Waals surface area contributed by atoms with Crippen LogP contribution in [0.3, 0.4) is 0 Å². The van der Waals surface area contributed by atoms with E-state index in [2.05, 4.69) is 0 Å². The van der Waals surface area contributed by atoms with Crippen molar-refractivity contribution in [1.82, 2.24) is 0 Å². The normalized spacial score (nSPS) is 7.43. The number of rotatable bonds is 0. The Morgan fingerprint density at radius 1 is 0.929 bits per heavy atom. The molecule has 0 saturated heterocycles. The van der Waals surface area contributed by atoms with Crippen LogP contribution in [0.4, 0.5) is 0 Å². The van der Waals surface area contributed by atoms with E-state index < -0.39 is 0 Å². The fourth-order valence-corrected chi connectivity index (χ4v) is 1.11. The number of carbonyl (C=O) groups excluding carboxylic acids is 1. The van der Waals surface area contributed by atoms with Crippen molar-refractivity contribution in [3.8, 4) is 5.75 Å². The van der Waals surface area contributed by atoms with Crippen molar-refractivity contribution in [1.29, 1.82) is 0 Å². The van der Waals surface area contributed by atoms with Gasteiger partial charge in [0.15, 0.2) is 0 Å². The number of hydrogen-bond donors (Lipinski definition) is 1. The molecule has 2 nitrogen and oxygen atoms in total. The number of para-hydroxylation sites is 1. The third-order valence-corrected chi connectivity index (χ3v) is 1.81. The van der Waals surface area contributed by atoms with E-state index in [0.29, 0.717) is 5.75 Å². The summed E-state index contributed by atoms with van der Waals surface area (Å²) in [5.41, 5.74) is 0. The van der Waals surface area contributed by atoms with Gasteiger partial charge in [-0.05, 0) is 22.9 Å². The summed E-state index contributed by atoms with van der Waals surface area (Å²) in [6, 6.07) is 12.7. The molecule has 0 unspecified atom stereocenters. The van der Waals surface area contributed by atoms with E-state index in [1.54, 1.807) is 35.6 Å². The van der Waals surface area contributed by atoms with Crippen molar-refractivity contribution < 1.29 is 9.90 Å². The molecular formula is C11H12O2S.